The average Bonchev–Trinajstić information content (AvgIpc) is 3.17. The molecule has 0 unspecified atom stereocenters. The van der Waals surface area contributed by atoms with E-state index in [1.54, 1.807) is 23.1 Å². The minimum Gasteiger partial charge on any atom is -0.507 e. The second-order valence-corrected chi connectivity index (χ2v) is 8.80. The maximum atomic E-state index is 13.3. The maximum absolute atomic E-state index is 13.3. The van der Waals surface area contributed by atoms with E-state index in [2.05, 4.69) is 18.7 Å². The number of Topliss-reactive ketones (excluding diaryl/α,β-unsaturated/α-hetero) is 1. The van der Waals surface area contributed by atoms with E-state index < -0.39 is 17.7 Å². The molecule has 2 aromatic rings. The maximum Gasteiger partial charge on any atom is 0.295 e. The monoisotopic (exact) mass is 494 g/mol. The van der Waals surface area contributed by atoms with Crippen LogP contribution < -0.4 is 14.2 Å². The molecule has 1 saturated heterocycles. The van der Waals surface area contributed by atoms with Gasteiger partial charge in [0.1, 0.15) is 24.7 Å². The second-order valence-electron chi connectivity index (χ2n) is 8.80. The van der Waals surface area contributed by atoms with Gasteiger partial charge in [-0.3, -0.25) is 9.59 Å². The minimum atomic E-state index is -0.737. The number of benzene rings is 2. The number of carbonyl (C=O) groups is 2. The Bertz CT molecular complexity index is 1140. The SMILES string of the molecule is CCCOc1cccc([C@@H]2/C(=C(\O)c3ccc4c(c3)OCCO4)C(=O)C(=O)N2CCN(CC)CC)c1. The number of ether oxygens (including phenoxy) is 3. The largest absolute Gasteiger partial charge is 0.507 e. The molecule has 1 N–H and O–H groups in total. The molecule has 0 radical (unpaired) electrons. The molecule has 0 bridgehead atoms. The van der Waals surface area contributed by atoms with Crippen molar-refractivity contribution in [3.05, 3.63) is 59.2 Å². The number of likely N-dealkylation sites (N-methyl/N-ethyl adjacent to an activating group) is 1. The molecular formula is C28H34N2O6. The highest BCUT2D eigenvalue weighted by atomic mass is 16.6. The van der Waals surface area contributed by atoms with Gasteiger partial charge < -0.3 is 29.1 Å². The molecule has 2 aromatic carbocycles. The van der Waals surface area contributed by atoms with Crippen molar-refractivity contribution in [3.8, 4) is 17.2 Å². The van der Waals surface area contributed by atoms with Crippen molar-refractivity contribution >= 4 is 17.4 Å². The summed E-state index contributed by atoms with van der Waals surface area (Å²) in [5.74, 6) is 0.170. The fourth-order valence-corrected chi connectivity index (χ4v) is 4.59. The van der Waals surface area contributed by atoms with Gasteiger partial charge in [-0.25, -0.2) is 0 Å². The van der Waals surface area contributed by atoms with Crippen LogP contribution in [-0.4, -0.2) is 72.6 Å². The summed E-state index contributed by atoms with van der Waals surface area (Å²) in [4.78, 5) is 30.3. The van der Waals surface area contributed by atoms with Crippen molar-refractivity contribution in [3.63, 3.8) is 0 Å². The van der Waals surface area contributed by atoms with E-state index in [0.29, 0.717) is 61.3 Å². The van der Waals surface area contributed by atoms with E-state index in [1.807, 2.05) is 31.2 Å². The Morgan fingerprint density at radius 1 is 1.06 bits per heavy atom. The van der Waals surface area contributed by atoms with Gasteiger partial charge in [-0.15, -0.1) is 0 Å². The highest BCUT2D eigenvalue weighted by molar-refractivity contribution is 6.46. The number of carbonyl (C=O) groups excluding carboxylic acids is 2. The molecule has 36 heavy (non-hydrogen) atoms. The Balaban J connectivity index is 1.78. The summed E-state index contributed by atoms with van der Waals surface area (Å²) in [5, 5.41) is 11.4. The van der Waals surface area contributed by atoms with Gasteiger partial charge >= 0.3 is 0 Å². The molecule has 1 amide bonds. The zero-order valence-corrected chi connectivity index (χ0v) is 21.2. The van der Waals surface area contributed by atoms with E-state index in [-0.39, 0.29) is 11.3 Å². The molecule has 2 aliphatic rings. The smallest absolute Gasteiger partial charge is 0.295 e. The number of aliphatic hydroxyl groups excluding tert-OH is 1. The van der Waals surface area contributed by atoms with Gasteiger partial charge in [0.2, 0.25) is 0 Å². The van der Waals surface area contributed by atoms with Gasteiger partial charge in [-0.2, -0.15) is 0 Å². The van der Waals surface area contributed by atoms with Crippen molar-refractivity contribution in [1.29, 1.82) is 0 Å². The molecule has 0 saturated carbocycles. The standard InChI is InChI=1S/C28H34N2O6/c1-4-14-34-21-9-7-8-19(17-21)25-24(27(32)28(33)30(25)13-12-29(5-2)6-3)26(31)20-10-11-22-23(18-20)36-16-15-35-22/h7-11,17-18,25,31H,4-6,12-16H2,1-3H3/b26-24+/t25-/m1/s1. The summed E-state index contributed by atoms with van der Waals surface area (Å²) >= 11 is 0. The first-order valence-corrected chi connectivity index (χ1v) is 12.6. The summed E-state index contributed by atoms with van der Waals surface area (Å²) < 4.78 is 17.1. The van der Waals surface area contributed by atoms with Crippen LogP contribution in [0.25, 0.3) is 5.76 Å². The second kappa shape index (κ2) is 11.5. The number of rotatable bonds is 10. The molecule has 1 fully saturated rings. The predicted octanol–water partition coefficient (Wildman–Crippen LogP) is 4.01. The molecular weight excluding hydrogens is 460 g/mol. The van der Waals surface area contributed by atoms with Crippen LogP contribution in [0.3, 0.4) is 0 Å². The zero-order chi connectivity index (χ0) is 25.7. The Morgan fingerprint density at radius 3 is 2.53 bits per heavy atom. The molecule has 2 heterocycles. The van der Waals surface area contributed by atoms with Crippen molar-refractivity contribution < 1.29 is 28.9 Å². The Kier molecular flexibility index (Phi) is 8.15. The molecule has 2 aliphatic heterocycles. The number of amides is 1. The number of aliphatic hydroxyl groups is 1. The van der Waals surface area contributed by atoms with E-state index in [0.717, 1.165) is 19.5 Å². The molecule has 8 nitrogen and oxygen atoms in total. The van der Waals surface area contributed by atoms with Gasteiger partial charge in [-0.05, 0) is 55.4 Å². The van der Waals surface area contributed by atoms with Gasteiger partial charge in [0.15, 0.2) is 11.5 Å². The Labute approximate surface area is 212 Å². The van der Waals surface area contributed by atoms with E-state index in [4.69, 9.17) is 14.2 Å². The topological polar surface area (TPSA) is 88.5 Å². The summed E-state index contributed by atoms with van der Waals surface area (Å²) in [6.07, 6.45) is 0.858. The molecule has 0 spiro atoms. The fourth-order valence-electron chi connectivity index (χ4n) is 4.59. The summed E-state index contributed by atoms with van der Waals surface area (Å²) in [6, 6.07) is 11.7. The third-order valence-corrected chi connectivity index (χ3v) is 6.55. The number of hydrogen-bond donors (Lipinski definition) is 1. The molecule has 4 rings (SSSR count). The van der Waals surface area contributed by atoms with Crippen LogP contribution in [0, 0.1) is 0 Å². The van der Waals surface area contributed by atoms with Crippen molar-refractivity contribution in [2.45, 2.75) is 33.2 Å². The lowest BCUT2D eigenvalue weighted by Gasteiger charge is -2.28. The van der Waals surface area contributed by atoms with Crippen molar-refractivity contribution in [2.24, 2.45) is 0 Å². The van der Waals surface area contributed by atoms with Crippen LogP contribution in [0.5, 0.6) is 17.2 Å². The quantitative estimate of drug-likeness (QED) is 0.303. The number of fused-ring (bicyclic) bond motifs is 1. The summed E-state index contributed by atoms with van der Waals surface area (Å²) in [5.41, 5.74) is 1.16. The number of likely N-dealkylation sites (tertiary alicyclic amines) is 1. The normalized spacial score (nSPS) is 18.7. The lowest BCUT2D eigenvalue weighted by Crippen LogP contribution is -2.38. The predicted molar refractivity (Wildman–Crippen MR) is 136 cm³/mol. The van der Waals surface area contributed by atoms with E-state index in [1.165, 1.54) is 0 Å². The Hall–Kier alpha value is -3.52. The summed E-state index contributed by atoms with van der Waals surface area (Å²) in [6.45, 7) is 10.2. The van der Waals surface area contributed by atoms with Gasteiger partial charge in [-0.1, -0.05) is 32.9 Å². The van der Waals surface area contributed by atoms with Gasteiger partial charge in [0.25, 0.3) is 11.7 Å². The third-order valence-electron chi connectivity index (χ3n) is 6.55. The van der Waals surface area contributed by atoms with Crippen LogP contribution in [0.1, 0.15) is 44.4 Å². The highest BCUT2D eigenvalue weighted by Crippen LogP contribution is 2.41. The third kappa shape index (κ3) is 5.18. The number of ketones is 1. The molecule has 0 aliphatic carbocycles. The first-order chi connectivity index (χ1) is 17.5. The van der Waals surface area contributed by atoms with Crippen LogP contribution in [0.15, 0.2) is 48.0 Å². The number of nitrogens with zero attached hydrogens (tertiary/aromatic N) is 2. The average molecular weight is 495 g/mol. The zero-order valence-electron chi connectivity index (χ0n) is 21.2. The van der Waals surface area contributed by atoms with Gasteiger partial charge in [0, 0.05) is 18.7 Å². The molecule has 8 heteroatoms. The Morgan fingerprint density at radius 2 is 1.81 bits per heavy atom. The lowest BCUT2D eigenvalue weighted by molar-refractivity contribution is -0.140. The number of hydrogen-bond acceptors (Lipinski definition) is 7. The fraction of sp³-hybridized carbons (Fsp3) is 0.429. The summed E-state index contributed by atoms with van der Waals surface area (Å²) in [7, 11) is 0. The van der Waals surface area contributed by atoms with Crippen LogP contribution in [-0.2, 0) is 9.59 Å². The minimum absolute atomic E-state index is 0.0591. The van der Waals surface area contributed by atoms with Crippen LogP contribution >= 0.6 is 0 Å². The molecule has 192 valence electrons. The van der Waals surface area contributed by atoms with Crippen LogP contribution in [0.4, 0.5) is 0 Å². The first kappa shape index (κ1) is 25.6. The first-order valence-electron chi connectivity index (χ1n) is 12.6. The van der Waals surface area contributed by atoms with Crippen molar-refractivity contribution in [2.75, 3.05) is 46.0 Å². The van der Waals surface area contributed by atoms with Gasteiger partial charge in [0.05, 0.1) is 18.2 Å². The molecule has 0 aromatic heterocycles. The van der Waals surface area contributed by atoms with Crippen molar-refractivity contribution in [1.82, 2.24) is 9.80 Å². The molecule has 1 atom stereocenters. The van der Waals surface area contributed by atoms with E-state index in [9.17, 15) is 14.7 Å². The lowest BCUT2D eigenvalue weighted by atomic mass is 9.95. The van der Waals surface area contributed by atoms with Crippen LogP contribution in [0.2, 0.25) is 0 Å². The highest BCUT2D eigenvalue weighted by Gasteiger charge is 2.46. The van der Waals surface area contributed by atoms with E-state index >= 15 is 0 Å².